The fraction of sp³-hybridized carbons (Fsp3) is 0.909. The summed E-state index contributed by atoms with van der Waals surface area (Å²) in [6, 6.07) is 0.853. The first-order chi connectivity index (χ1) is 7.20. The number of amides is 1. The summed E-state index contributed by atoms with van der Waals surface area (Å²) in [4.78, 5) is 13.8. The molecule has 2 rings (SSSR count). The largest absolute Gasteiger partial charge is 0.326 e. The molecule has 0 radical (unpaired) electrons. The number of carbonyl (C=O) groups excluding carboxylic acids is 1. The lowest BCUT2D eigenvalue weighted by atomic mass is 9.98. The van der Waals surface area contributed by atoms with Crippen LogP contribution in [0, 0.1) is 0 Å². The molecule has 0 aromatic carbocycles. The van der Waals surface area contributed by atoms with Crippen LogP contribution in [0.5, 0.6) is 0 Å². The average molecular weight is 228 g/mol. The minimum atomic E-state index is 0.312. The highest BCUT2D eigenvalue weighted by Gasteiger charge is 2.35. The third-order valence-corrected chi connectivity index (χ3v) is 4.62. The summed E-state index contributed by atoms with van der Waals surface area (Å²) in [7, 11) is 0. The summed E-state index contributed by atoms with van der Waals surface area (Å²) in [6.07, 6.45) is 3.79. The Morgan fingerprint density at radius 2 is 2.33 bits per heavy atom. The molecule has 0 aromatic rings. The van der Waals surface area contributed by atoms with Crippen LogP contribution in [-0.4, -0.2) is 40.6 Å². The van der Waals surface area contributed by atoms with E-state index in [1.54, 1.807) is 11.8 Å². The normalized spacial score (nSPS) is 34.5. The van der Waals surface area contributed by atoms with Gasteiger partial charge in [0.05, 0.1) is 11.1 Å². The number of nitrogens with zero attached hydrogens (tertiary/aromatic N) is 1. The number of hydrogen-bond donors (Lipinski definition) is 1. The van der Waals surface area contributed by atoms with E-state index in [4.69, 9.17) is 0 Å². The Bertz CT molecular complexity index is 241. The van der Waals surface area contributed by atoms with Gasteiger partial charge in [0.15, 0.2) is 0 Å². The minimum absolute atomic E-state index is 0.312. The maximum atomic E-state index is 11.7. The van der Waals surface area contributed by atoms with Gasteiger partial charge in [0.2, 0.25) is 5.91 Å². The molecule has 1 N–H and O–H groups in total. The summed E-state index contributed by atoms with van der Waals surface area (Å²) in [5.41, 5.74) is 0. The van der Waals surface area contributed by atoms with Crippen LogP contribution in [0.25, 0.3) is 0 Å². The van der Waals surface area contributed by atoms with Crippen LogP contribution < -0.4 is 5.32 Å². The minimum Gasteiger partial charge on any atom is -0.326 e. The van der Waals surface area contributed by atoms with Gasteiger partial charge in [-0.25, -0.2) is 0 Å². The Morgan fingerprint density at radius 1 is 1.53 bits per heavy atom. The Hall–Kier alpha value is -0.220. The topological polar surface area (TPSA) is 32.3 Å². The van der Waals surface area contributed by atoms with Crippen molar-refractivity contribution in [1.82, 2.24) is 10.2 Å². The third kappa shape index (κ3) is 2.31. The van der Waals surface area contributed by atoms with Crippen LogP contribution >= 0.6 is 11.8 Å². The highest BCUT2D eigenvalue weighted by Crippen LogP contribution is 2.28. The molecule has 4 heteroatoms. The van der Waals surface area contributed by atoms with Crippen molar-refractivity contribution < 1.29 is 4.79 Å². The Kier molecular flexibility index (Phi) is 3.57. The van der Waals surface area contributed by atoms with Crippen molar-refractivity contribution in [3.05, 3.63) is 0 Å². The Morgan fingerprint density at radius 3 is 2.87 bits per heavy atom. The molecule has 0 saturated carbocycles. The lowest BCUT2D eigenvalue weighted by Crippen LogP contribution is -2.52. The molecule has 2 heterocycles. The van der Waals surface area contributed by atoms with Gasteiger partial charge in [0, 0.05) is 12.1 Å². The number of nitrogens with one attached hydrogen (secondary N) is 1. The molecule has 86 valence electrons. The molecular weight excluding hydrogens is 208 g/mol. The SMILES string of the molecule is CC1SCC(=O)N1C(C)C1CCCCN1. The maximum Gasteiger partial charge on any atom is 0.233 e. The van der Waals surface area contributed by atoms with Crippen molar-refractivity contribution >= 4 is 17.7 Å². The molecule has 0 aromatic heterocycles. The molecule has 1 amide bonds. The van der Waals surface area contributed by atoms with Gasteiger partial charge in [0.1, 0.15) is 0 Å². The number of rotatable bonds is 2. The average Bonchev–Trinajstić information content (AvgIpc) is 2.59. The maximum absolute atomic E-state index is 11.7. The summed E-state index contributed by atoms with van der Waals surface area (Å²) >= 11 is 1.75. The summed E-state index contributed by atoms with van der Waals surface area (Å²) in [6.45, 7) is 5.43. The molecule has 0 bridgehead atoms. The van der Waals surface area contributed by atoms with Gasteiger partial charge >= 0.3 is 0 Å². The predicted molar refractivity (Wildman–Crippen MR) is 63.9 cm³/mol. The molecular formula is C11H20N2OS. The van der Waals surface area contributed by atoms with E-state index in [1.807, 2.05) is 0 Å². The van der Waals surface area contributed by atoms with Crippen molar-refractivity contribution in [1.29, 1.82) is 0 Å². The highest BCUT2D eigenvalue weighted by molar-refractivity contribution is 8.00. The van der Waals surface area contributed by atoms with Crippen molar-refractivity contribution in [3.63, 3.8) is 0 Å². The van der Waals surface area contributed by atoms with Crippen molar-refractivity contribution in [3.8, 4) is 0 Å². The first-order valence-corrected chi connectivity index (χ1v) is 6.91. The first-order valence-electron chi connectivity index (χ1n) is 5.86. The van der Waals surface area contributed by atoms with Crippen LogP contribution in [0.4, 0.5) is 0 Å². The molecule has 2 aliphatic rings. The fourth-order valence-corrected chi connectivity index (χ4v) is 3.60. The number of hydrogen-bond acceptors (Lipinski definition) is 3. The highest BCUT2D eigenvalue weighted by atomic mass is 32.2. The lowest BCUT2D eigenvalue weighted by molar-refractivity contribution is -0.130. The van der Waals surface area contributed by atoms with Gasteiger partial charge in [-0.05, 0) is 33.2 Å². The molecule has 2 fully saturated rings. The molecule has 3 atom stereocenters. The van der Waals surface area contributed by atoms with Crippen LogP contribution in [0.2, 0.25) is 0 Å². The van der Waals surface area contributed by atoms with Crippen molar-refractivity contribution in [2.75, 3.05) is 12.3 Å². The zero-order chi connectivity index (χ0) is 10.8. The third-order valence-electron chi connectivity index (χ3n) is 3.50. The zero-order valence-corrected chi connectivity index (χ0v) is 10.3. The summed E-state index contributed by atoms with van der Waals surface area (Å²) < 4.78 is 0. The Labute approximate surface area is 96.0 Å². The fourth-order valence-electron chi connectivity index (χ4n) is 2.59. The second-order valence-corrected chi connectivity index (χ2v) is 5.81. The second-order valence-electron chi connectivity index (χ2n) is 4.51. The van der Waals surface area contributed by atoms with Crippen LogP contribution in [0.3, 0.4) is 0 Å². The smallest absolute Gasteiger partial charge is 0.233 e. The van der Waals surface area contributed by atoms with E-state index in [0.717, 1.165) is 6.54 Å². The first kappa shape index (κ1) is 11.3. The summed E-state index contributed by atoms with van der Waals surface area (Å²) in [5.74, 6) is 0.977. The molecule has 0 aliphatic carbocycles. The predicted octanol–water partition coefficient (Wildman–Crippen LogP) is 1.44. The standard InChI is InChI=1S/C11H20N2OS/c1-8(10-5-3-4-6-12-10)13-9(2)15-7-11(13)14/h8-10,12H,3-7H2,1-2H3. The molecule has 3 unspecified atom stereocenters. The van der Waals surface area contributed by atoms with E-state index < -0.39 is 0 Å². The Balaban J connectivity index is 1.99. The van der Waals surface area contributed by atoms with E-state index >= 15 is 0 Å². The van der Waals surface area contributed by atoms with Crippen LogP contribution in [-0.2, 0) is 4.79 Å². The van der Waals surface area contributed by atoms with E-state index in [-0.39, 0.29) is 0 Å². The van der Waals surface area contributed by atoms with E-state index in [9.17, 15) is 4.79 Å². The second kappa shape index (κ2) is 4.74. The lowest BCUT2D eigenvalue weighted by Gasteiger charge is -2.36. The van der Waals surface area contributed by atoms with Gasteiger partial charge in [0.25, 0.3) is 0 Å². The zero-order valence-electron chi connectivity index (χ0n) is 9.53. The number of piperidine rings is 1. The quantitative estimate of drug-likeness (QED) is 0.776. The van der Waals surface area contributed by atoms with Crippen LogP contribution in [0.1, 0.15) is 33.1 Å². The molecule has 15 heavy (non-hydrogen) atoms. The van der Waals surface area contributed by atoms with Gasteiger partial charge in [-0.2, -0.15) is 0 Å². The molecule has 2 aliphatic heterocycles. The van der Waals surface area contributed by atoms with Crippen molar-refractivity contribution in [2.45, 2.75) is 50.6 Å². The van der Waals surface area contributed by atoms with Gasteiger partial charge in [-0.15, -0.1) is 11.8 Å². The van der Waals surface area contributed by atoms with Crippen LogP contribution in [0.15, 0.2) is 0 Å². The summed E-state index contributed by atoms with van der Waals surface area (Å²) in [5, 5.41) is 3.89. The number of thioether (sulfide) groups is 1. The van der Waals surface area contributed by atoms with Gasteiger partial charge in [-0.1, -0.05) is 6.42 Å². The molecule has 3 nitrogen and oxygen atoms in total. The van der Waals surface area contributed by atoms with Crippen molar-refractivity contribution in [2.24, 2.45) is 0 Å². The van der Waals surface area contributed by atoms with E-state index in [2.05, 4.69) is 24.1 Å². The monoisotopic (exact) mass is 228 g/mol. The molecule has 2 saturated heterocycles. The van der Waals surface area contributed by atoms with E-state index in [0.29, 0.717) is 29.1 Å². The van der Waals surface area contributed by atoms with Gasteiger partial charge < -0.3 is 10.2 Å². The van der Waals surface area contributed by atoms with Gasteiger partial charge in [-0.3, -0.25) is 4.79 Å². The van der Waals surface area contributed by atoms with E-state index in [1.165, 1.54) is 19.3 Å². The number of carbonyl (C=O) groups is 1. The molecule has 0 spiro atoms.